The Morgan fingerprint density at radius 3 is 2.46 bits per heavy atom. The molecule has 0 amide bonds. The molecule has 4 N–H and O–H groups in total. The Balaban J connectivity index is 1.89. The SMILES string of the molecule is Cc1cc(-c2cc(O[C@@H]3OC(S(=O)(=O)O)[C@@H](O)[C@H](O)[C@H]3O)ccc2F)ccn1. The summed E-state index contributed by atoms with van der Waals surface area (Å²) < 4.78 is 56.3. The van der Waals surface area contributed by atoms with Gasteiger partial charge in [0.1, 0.15) is 29.9 Å². The summed E-state index contributed by atoms with van der Waals surface area (Å²) in [5.41, 5.74) is -0.909. The molecule has 0 aliphatic carbocycles. The van der Waals surface area contributed by atoms with E-state index >= 15 is 0 Å². The van der Waals surface area contributed by atoms with Crippen LogP contribution in [0.5, 0.6) is 5.75 Å². The van der Waals surface area contributed by atoms with Gasteiger partial charge in [-0.25, -0.2) is 4.39 Å². The zero-order chi connectivity index (χ0) is 20.6. The zero-order valence-corrected chi connectivity index (χ0v) is 15.3. The predicted octanol–water partition coefficient (Wildman–Crippen LogP) is 0.228. The molecule has 0 spiro atoms. The third-order valence-electron chi connectivity index (χ3n) is 4.22. The number of benzene rings is 1. The minimum absolute atomic E-state index is 0.00686. The van der Waals surface area contributed by atoms with Crippen molar-refractivity contribution < 1.29 is 42.2 Å². The number of ether oxygens (including phenoxy) is 2. The highest BCUT2D eigenvalue weighted by Crippen LogP contribution is 2.30. The lowest BCUT2D eigenvalue weighted by Gasteiger charge is -2.38. The molecule has 2 heterocycles. The fraction of sp³-hybridized carbons (Fsp3) is 0.353. The van der Waals surface area contributed by atoms with Crippen molar-refractivity contribution in [1.82, 2.24) is 4.98 Å². The van der Waals surface area contributed by atoms with E-state index in [-0.39, 0.29) is 11.3 Å². The number of aryl methyl sites for hydroxylation is 1. The van der Waals surface area contributed by atoms with Crippen LogP contribution < -0.4 is 4.74 Å². The van der Waals surface area contributed by atoms with Crippen molar-refractivity contribution >= 4 is 10.1 Å². The molecule has 9 nitrogen and oxygen atoms in total. The fourth-order valence-corrected chi connectivity index (χ4v) is 3.57. The molecule has 11 heteroatoms. The molecule has 1 unspecified atom stereocenters. The lowest BCUT2D eigenvalue weighted by Crippen LogP contribution is -2.61. The van der Waals surface area contributed by atoms with Crippen LogP contribution in [0.1, 0.15) is 5.69 Å². The van der Waals surface area contributed by atoms with Crippen molar-refractivity contribution in [2.45, 2.75) is 37.0 Å². The van der Waals surface area contributed by atoms with E-state index in [0.29, 0.717) is 11.3 Å². The number of pyridine rings is 1. The van der Waals surface area contributed by atoms with Crippen LogP contribution >= 0.6 is 0 Å². The van der Waals surface area contributed by atoms with Crippen LogP contribution in [0.2, 0.25) is 0 Å². The molecule has 2 aromatic rings. The van der Waals surface area contributed by atoms with E-state index in [1.165, 1.54) is 18.3 Å². The van der Waals surface area contributed by atoms with E-state index in [0.717, 1.165) is 6.07 Å². The molecule has 152 valence electrons. The van der Waals surface area contributed by atoms with Crippen molar-refractivity contribution in [2.75, 3.05) is 0 Å². The molecular weight excluding hydrogens is 397 g/mol. The maximum absolute atomic E-state index is 14.2. The average molecular weight is 415 g/mol. The van der Waals surface area contributed by atoms with Gasteiger partial charge in [-0.1, -0.05) is 0 Å². The highest BCUT2D eigenvalue weighted by Gasteiger charge is 2.50. The summed E-state index contributed by atoms with van der Waals surface area (Å²) in [4.78, 5) is 4.03. The second-order valence-electron chi connectivity index (χ2n) is 6.31. The Hall–Kier alpha value is -2.15. The lowest BCUT2D eigenvalue weighted by atomic mass is 10.0. The van der Waals surface area contributed by atoms with E-state index < -0.39 is 46.0 Å². The van der Waals surface area contributed by atoms with Crippen LogP contribution in [-0.4, -0.2) is 63.3 Å². The van der Waals surface area contributed by atoms with Crippen molar-refractivity contribution in [1.29, 1.82) is 0 Å². The maximum atomic E-state index is 14.2. The summed E-state index contributed by atoms with van der Waals surface area (Å²) in [6.45, 7) is 1.73. The predicted molar refractivity (Wildman–Crippen MR) is 93.2 cm³/mol. The van der Waals surface area contributed by atoms with Gasteiger partial charge < -0.3 is 24.8 Å². The lowest BCUT2D eigenvalue weighted by molar-refractivity contribution is -0.254. The molecule has 1 aliphatic rings. The van der Waals surface area contributed by atoms with E-state index in [4.69, 9.17) is 14.0 Å². The molecular formula is C17H18FNO8S. The number of aliphatic hydroxyl groups excluding tert-OH is 3. The van der Waals surface area contributed by atoms with Crippen molar-refractivity contribution in [3.63, 3.8) is 0 Å². The third-order valence-corrected chi connectivity index (χ3v) is 5.19. The highest BCUT2D eigenvalue weighted by atomic mass is 32.2. The van der Waals surface area contributed by atoms with Gasteiger partial charge in [0.15, 0.2) is 0 Å². The van der Waals surface area contributed by atoms with Gasteiger partial charge in [-0.15, -0.1) is 0 Å². The maximum Gasteiger partial charge on any atom is 0.295 e. The van der Waals surface area contributed by atoms with E-state index in [1.807, 2.05) is 0 Å². The van der Waals surface area contributed by atoms with E-state index in [1.54, 1.807) is 19.1 Å². The monoisotopic (exact) mass is 415 g/mol. The first-order valence-electron chi connectivity index (χ1n) is 8.13. The van der Waals surface area contributed by atoms with Gasteiger partial charge in [-0.05, 0) is 42.8 Å². The topological polar surface area (TPSA) is 146 Å². The van der Waals surface area contributed by atoms with Crippen LogP contribution in [0.3, 0.4) is 0 Å². The largest absolute Gasteiger partial charge is 0.462 e. The van der Waals surface area contributed by atoms with Crippen LogP contribution in [0.4, 0.5) is 4.39 Å². The van der Waals surface area contributed by atoms with Gasteiger partial charge >= 0.3 is 0 Å². The normalized spacial score (nSPS) is 28.1. The molecule has 3 rings (SSSR count). The number of hydrogen-bond acceptors (Lipinski definition) is 8. The summed E-state index contributed by atoms with van der Waals surface area (Å²) >= 11 is 0. The summed E-state index contributed by atoms with van der Waals surface area (Å²) in [6, 6.07) is 6.82. The van der Waals surface area contributed by atoms with Crippen LogP contribution in [-0.2, 0) is 14.9 Å². The molecule has 1 saturated heterocycles. The number of hydrogen-bond donors (Lipinski definition) is 4. The standard InChI is InChI=1S/C17H18FNO8S/c1-8-6-9(4-5-19-8)11-7-10(2-3-12(11)18)26-16-14(21)13(20)15(22)17(27-16)28(23,24)25/h2-7,13-17,20-22H,1H3,(H,23,24,25)/t13-,14-,15+,16-,17?/m1/s1. The first kappa shape index (κ1) is 20.6. The average Bonchev–Trinajstić information content (AvgIpc) is 2.62. The highest BCUT2D eigenvalue weighted by molar-refractivity contribution is 7.86. The number of aliphatic hydroxyl groups is 3. The molecule has 0 saturated carbocycles. The van der Waals surface area contributed by atoms with Gasteiger partial charge in [0, 0.05) is 17.5 Å². The molecule has 5 atom stereocenters. The van der Waals surface area contributed by atoms with Crippen molar-refractivity contribution in [3.8, 4) is 16.9 Å². The molecule has 1 aromatic heterocycles. The fourth-order valence-electron chi connectivity index (χ4n) is 2.81. The first-order valence-corrected chi connectivity index (χ1v) is 9.63. The van der Waals surface area contributed by atoms with Crippen LogP contribution in [0, 0.1) is 12.7 Å². The van der Waals surface area contributed by atoms with Crippen LogP contribution in [0.25, 0.3) is 11.1 Å². The number of rotatable bonds is 4. The van der Waals surface area contributed by atoms with Gasteiger partial charge in [0.05, 0.1) is 0 Å². The van der Waals surface area contributed by atoms with Gasteiger partial charge in [-0.3, -0.25) is 9.54 Å². The van der Waals surface area contributed by atoms with E-state index in [9.17, 15) is 28.1 Å². The first-order chi connectivity index (χ1) is 13.1. The molecule has 28 heavy (non-hydrogen) atoms. The summed E-state index contributed by atoms with van der Waals surface area (Å²) in [5, 5.41) is 29.5. The Morgan fingerprint density at radius 2 is 1.82 bits per heavy atom. The van der Waals surface area contributed by atoms with Gasteiger partial charge in [-0.2, -0.15) is 8.42 Å². The molecule has 0 radical (unpaired) electrons. The van der Waals surface area contributed by atoms with Crippen molar-refractivity contribution in [2.24, 2.45) is 0 Å². The Bertz CT molecular complexity index is 969. The van der Waals surface area contributed by atoms with Gasteiger partial charge in [0.2, 0.25) is 11.7 Å². The summed E-state index contributed by atoms with van der Waals surface area (Å²) in [5.74, 6) is -0.568. The molecule has 1 aromatic carbocycles. The number of halogens is 1. The smallest absolute Gasteiger partial charge is 0.295 e. The van der Waals surface area contributed by atoms with Gasteiger partial charge in [0.25, 0.3) is 10.1 Å². The Labute approximate surface area is 159 Å². The Morgan fingerprint density at radius 1 is 1.11 bits per heavy atom. The summed E-state index contributed by atoms with van der Waals surface area (Å²) in [7, 11) is -4.91. The third kappa shape index (κ3) is 4.14. The molecule has 0 bridgehead atoms. The molecule has 1 aliphatic heterocycles. The zero-order valence-electron chi connectivity index (χ0n) is 14.5. The number of nitrogens with zero attached hydrogens (tertiary/aromatic N) is 1. The van der Waals surface area contributed by atoms with Crippen LogP contribution in [0.15, 0.2) is 36.5 Å². The van der Waals surface area contributed by atoms with E-state index in [2.05, 4.69) is 4.98 Å². The second-order valence-corrected chi connectivity index (χ2v) is 7.80. The Kier molecular flexibility index (Phi) is 5.66. The minimum atomic E-state index is -4.91. The van der Waals surface area contributed by atoms with Crippen molar-refractivity contribution in [3.05, 3.63) is 48.0 Å². The minimum Gasteiger partial charge on any atom is -0.462 e. The second kappa shape index (κ2) is 7.70. The molecule has 1 fully saturated rings. The summed E-state index contributed by atoms with van der Waals surface area (Å²) in [6.07, 6.45) is -6.13. The quantitative estimate of drug-likeness (QED) is 0.515. The number of aromatic nitrogens is 1.